The molecule has 1 heterocycles. The van der Waals surface area contributed by atoms with Crippen LogP contribution < -0.4 is 16.3 Å². The number of nitrogens with one attached hydrogen (secondary N) is 4. The lowest BCUT2D eigenvalue weighted by molar-refractivity contribution is -0.125. The van der Waals surface area contributed by atoms with E-state index >= 15 is 0 Å². The van der Waals surface area contributed by atoms with Gasteiger partial charge in [0.25, 0.3) is 0 Å². The van der Waals surface area contributed by atoms with E-state index in [4.69, 9.17) is 0 Å². The maximum atomic E-state index is 12.4. The van der Waals surface area contributed by atoms with Crippen LogP contribution >= 0.6 is 0 Å². The fourth-order valence-corrected chi connectivity index (χ4v) is 3.44. The van der Waals surface area contributed by atoms with Crippen molar-refractivity contribution >= 4 is 28.5 Å². The smallest absolute Gasteiger partial charge is 0.323 e. The Labute approximate surface area is 151 Å². The van der Waals surface area contributed by atoms with Crippen molar-refractivity contribution in [3.05, 3.63) is 40.3 Å². The minimum Gasteiger partial charge on any atom is -0.347 e. The quantitative estimate of drug-likeness (QED) is 0.617. The maximum Gasteiger partial charge on any atom is 0.323 e. The highest BCUT2D eigenvalue weighted by molar-refractivity contribution is 5.96. The molecule has 0 aliphatic heterocycles. The van der Waals surface area contributed by atoms with E-state index in [9.17, 15) is 14.4 Å². The molecule has 138 valence electrons. The highest BCUT2D eigenvalue weighted by Gasteiger charge is 2.60. The number of aromatic nitrogens is 2. The van der Waals surface area contributed by atoms with Crippen LogP contribution in [0.4, 0.5) is 5.69 Å². The third-order valence-corrected chi connectivity index (χ3v) is 4.93. The molecule has 3 rings (SSSR count). The third kappa shape index (κ3) is 3.56. The fourth-order valence-electron chi connectivity index (χ4n) is 3.44. The summed E-state index contributed by atoms with van der Waals surface area (Å²) in [6.45, 7) is 8.08. The molecule has 2 amide bonds. The van der Waals surface area contributed by atoms with Crippen molar-refractivity contribution in [1.29, 1.82) is 0 Å². The number of anilines is 1. The summed E-state index contributed by atoms with van der Waals surface area (Å²) in [4.78, 5) is 41.0. The second-order valence-electron chi connectivity index (χ2n) is 7.67. The van der Waals surface area contributed by atoms with Gasteiger partial charge in [0.05, 0.1) is 23.5 Å². The molecule has 1 aliphatic carbocycles. The number of carbonyl (C=O) groups excluding carboxylic acids is 2. The standard InChI is InChI=1S/C19H24N4O3/c1-10(2)7-12-16(19(12,3)4)17(25)20-9-15(24)21-11-5-6-13-14(8-11)23-18(26)22-13/h5-8,12,16H,9H2,1-4H3,(H,20,25)(H,21,24)(H2,22,23,26)/t12-,16-/m0/s1. The molecule has 2 atom stereocenters. The molecule has 7 heteroatoms. The number of benzene rings is 1. The lowest BCUT2D eigenvalue weighted by Crippen LogP contribution is -2.34. The van der Waals surface area contributed by atoms with Crippen LogP contribution in [0.25, 0.3) is 11.0 Å². The zero-order chi connectivity index (χ0) is 19.1. The zero-order valence-corrected chi connectivity index (χ0v) is 15.4. The average Bonchev–Trinajstić information content (AvgIpc) is 2.87. The fraction of sp³-hybridized carbons (Fsp3) is 0.421. The van der Waals surface area contributed by atoms with Crippen molar-refractivity contribution in [1.82, 2.24) is 15.3 Å². The minimum absolute atomic E-state index is 0.0803. The molecule has 0 unspecified atom stereocenters. The Morgan fingerprint density at radius 3 is 2.58 bits per heavy atom. The number of aromatic amines is 2. The molecule has 1 aromatic carbocycles. The summed E-state index contributed by atoms with van der Waals surface area (Å²) >= 11 is 0. The first-order chi connectivity index (χ1) is 12.2. The lowest BCUT2D eigenvalue weighted by Gasteiger charge is -2.08. The van der Waals surface area contributed by atoms with Gasteiger partial charge in [-0.25, -0.2) is 4.79 Å². The van der Waals surface area contributed by atoms with Crippen molar-refractivity contribution in [3.63, 3.8) is 0 Å². The number of fused-ring (bicyclic) bond motifs is 1. The van der Waals surface area contributed by atoms with E-state index in [1.165, 1.54) is 5.57 Å². The van der Waals surface area contributed by atoms with Gasteiger partial charge >= 0.3 is 5.69 Å². The van der Waals surface area contributed by atoms with Crippen LogP contribution in [-0.4, -0.2) is 28.3 Å². The summed E-state index contributed by atoms with van der Waals surface area (Å²) in [5, 5.41) is 5.44. The predicted octanol–water partition coefficient (Wildman–Crippen LogP) is 2.15. The van der Waals surface area contributed by atoms with Gasteiger partial charge < -0.3 is 20.6 Å². The molecule has 4 N–H and O–H groups in total. The Bertz CT molecular complexity index is 947. The second kappa shape index (κ2) is 6.48. The van der Waals surface area contributed by atoms with E-state index in [2.05, 4.69) is 40.5 Å². The van der Waals surface area contributed by atoms with Crippen molar-refractivity contribution in [2.75, 3.05) is 11.9 Å². The van der Waals surface area contributed by atoms with E-state index < -0.39 is 0 Å². The minimum atomic E-state index is -0.312. The van der Waals surface area contributed by atoms with Crippen molar-refractivity contribution < 1.29 is 9.59 Å². The number of carbonyl (C=O) groups is 2. The molecule has 0 spiro atoms. The molecule has 7 nitrogen and oxygen atoms in total. The van der Waals surface area contributed by atoms with E-state index in [1.54, 1.807) is 18.2 Å². The molecule has 1 saturated carbocycles. The van der Waals surface area contributed by atoms with Gasteiger partial charge in [-0.2, -0.15) is 0 Å². The van der Waals surface area contributed by atoms with Crippen LogP contribution in [0, 0.1) is 17.3 Å². The van der Waals surface area contributed by atoms with Crippen LogP contribution in [-0.2, 0) is 9.59 Å². The van der Waals surface area contributed by atoms with Crippen molar-refractivity contribution in [2.45, 2.75) is 27.7 Å². The molecule has 1 aromatic heterocycles. The number of H-pyrrole nitrogens is 2. The number of hydrogen-bond donors (Lipinski definition) is 4. The first-order valence-corrected chi connectivity index (χ1v) is 8.63. The van der Waals surface area contributed by atoms with Gasteiger partial charge in [0.15, 0.2) is 0 Å². The molecule has 1 aliphatic rings. The number of allylic oxidation sites excluding steroid dienone is 2. The van der Waals surface area contributed by atoms with E-state index in [0.717, 1.165) is 0 Å². The van der Waals surface area contributed by atoms with Crippen LogP contribution in [0.15, 0.2) is 34.6 Å². The summed E-state index contributed by atoms with van der Waals surface area (Å²) in [6, 6.07) is 5.07. The first kappa shape index (κ1) is 18.0. The summed E-state index contributed by atoms with van der Waals surface area (Å²) in [7, 11) is 0. The molecule has 0 bridgehead atoms. The number of amides is 2. The lowest BCUT2D eigenvalue weighted by atomic mass is 10.1. The van der Waals surface area contributed by atoms with E-state index in [-0.39, 0.29) is 41.3 Å². The topological polar surface area (TPSA) is 107 Å². The molecule has 1 fully saturated rings. The van der Waals surface area contributed by atoms with Gasteiger partial charge in [-0.3, -0.25) is 9.59 Å². The van der Waals surface area contributed by atoms with Gasteiger partial charge in [0, 0.05) is 5.69 Å². The first-order valence-electron chi connectivity index (χ1n) is 8.63. The molecular formula is C19H24N4O3. The van der Waals surface area contributed by atoms with Crippen molar-refractivity contribution in [3.8, 4) is 0 Å². The van der Waals surface area contributed by atoms with Crippen LogP contribution in [0.5, 0.6) is 0 Å². The molecular weight excluding hydrogens is 332 g/mol. The Balaban J connectivity index is 1.56. The summed E-state index contributed by atoms with van der Waals surface area (Å²) in [6.07, 6.45) is 2.12. The second-order valence-corrected chi connectivity index (χ2v) is 7.67. The van der Waals surface area contributed by atoms with Gasteiger partial charge in [-0.05, 0) is 43.4 Å². The maximum absolute atomic E-state index is 12.4. The molecule has 26 heavy (non-hydrogen) atoms. The largest absolute Gasteiger partial charge is 0.347 e. The average molecular weight is 356 g/mol. The third-order valence-electron chi connectivity index (χ3n) is 4.93. The van der Waals surface area contributed by atoms with Gasteiger partial charge in [-0.15, -0.1) is 0 Å². The Kier molecular flexibility index (Phi) is 4.48. The zero-order valence-electron chi connectivity index (χ0n) is 15.4. The van der Waals surface area contributed by atoms with Gasteiger partial charge in [-0.1, -0.05) is 25.5 Å². The number of rotatable bonds is 5. The molecule has 2 aromatic rings. The van der Waals surface area contributed by atoms with E-state index in [0.29, 0.717) is 16.7 Å². The van der Waals surface area contributed by atoms with Crippen LogP contribution in [0.3, 0.4) is 0 Å². The van der Waals surface area contributed by atoms with Gasteiger partial charge in [0.1, 0.15) is 0 Å². The molecule has 0 radical (unpaired) electrons. The Morgan fingerprint density at radius 1 is 1.19 bits per heavy atom. The van der Waals surface area contributed by atoms with Crippen molar-refractivity contribution in [2.24, 2.45) is 17.3 Å². The SMILES string of the molecule is CC(C)=C[C@H]1[C@@H](C(=O)NCC(=O)Nc2ccc3[nH]c(=O)[nH]c3c2)C1(C)C. The predicted molar refractivity (Wildman–Crippen MR) is 101 cm³/mol. The highest BCUT2D eigenvalue weighted by atomic mass is 16.2. The molecule has 0 saturated heterocycles. The summed E-state index contributed by atoms with van der Waals surface area (Å²) < 4.78 is 0. The monoisotopic (exact) mass is 356 g/mol. The van der Waals surface area contributed by atoms with Crippen LogP contribution in [0.2, 0.25) is 0 Å². The summed E-state index contributed by atoms with van der Waals surface area (Å²) in [5.41, 5.74) is 2.65. The number of imidazole rings is 1. The van der Waals surface area contributed by atoms with Gasteiger partial charge in [0.2, 0.25) is 11.8 Å². The van der Waals surface area contributed by atoms with E-state index in [1.807, 2.05) is 13.8 Å². The highest BCUT2D eigenvalue weighted by Crippen LogP contribution is 2.59. The number of hydrogen-bond acceptors (Lipinski definition) is 3. The summed E-state index contributed by atoms with van der Waals surface area (Å²) in [5.74, 6) is -0.305. The Hall–Kier alpha value is -2.83. The Morgan fingerprint density at radius 2 is 1.88 bits per heavy atom. The van der Waals surface area contributed by atoms with Crippen LogP contribution in [0.1, 0.15) is 27.7 Å². The normalized spacial score (nSPS) is 20.5.